The number of amides is 1. The zero-order valence-corrected chi connectivity index (χ0v) is 41.1. The number of cyclic esters (lactones) is 1. The zero-order valence-electron chi connectivity index (χ0n) is 41.1. The summed E-state index contributed by atoms with van der Waals surface area (Å²) in [6, 6.07) is 4.62. The molecule has 0 aromatic carbocycles. The van der Waals surface area contributed by atoms with E-state index in [4.69, 9.17) is 38.7 Å². The molecule has 2 aromatic heterocycles. The Bertz CT molecular complexity index is 2090. The predicted octanol–water partition coefficient (Wildman–Crippen LogP) is 5.18. The summed E-state index contributed by atoms with van der Waals surface area (Å²) in [5.74, 6) is -6.82. The number of aromatic nitrogens is 2. The number of nitrogens with zero attached hydrogens (tertiary/aromatic N) is 5. The highest BCUT2D eigenvalue weighted by molar-refractivity contribution is 6.08. The Morgan fingerprint density at radius 2 is 1.70 bits per heavy atom. The molecule has 2 saturated heterocycles. The number of carbonyl (C=O) groups excluding carboxylic acids is 4. The number of oxazole rings is 1. The van der Waals surface area contributed by atoms with Crippen molar-refractivity contribution in [1.82, 2.24) is 14.9 Å². The Morgan fingerprint density at radius 1 is 1.01 bits per heavy atom. The first-order valence-electron chi connectivity index (χ1n) is 22.9. The van der Waals surface area contributed by atoms with Crippen LogP contribution in [-0.4, -0.2) is 141 Å². The van der Waals surface area contributed by atoms with Crippen LogP contribution in [0.1, 0.15) is 114 Å². The minimum Gasteiger partial charge on any atom is -0.457 e. The number of rotatable bonds is 14. The van der Waals surface area contributed by atoms with Crippen LogP contribution in [-0.2, 0) is 54.3 Å². The number of nitrogens with two attached hydrogens (primary N) is 1. The molecule has 4 N–H and O–H groups in total. The molecule has 2 aliphatic heterocycles. The number of halogens is 1. The van der Waals surface area contributed by atoms with Crippen molar-refractivity contribution in [1.29, 1.82) is 0 Å². The number of likely N-dealkylation sites (N-methyl/N-ethyl adjacent to an activating group) is 1. The van der Waals surface area contributed by atoms with Crippen LogP contribution in [0.3, 0.4) is 0 Å². The maximum absolute atomic E-state index is 17.0. The number of ketones is 1. The standard InChI is InChI=1S/C47H71FN6O13/c1-14-30(53-63-24-31-23-62-42(50-31)32-18-17-19-35(49)51-32)22-61-41-27(6)37(52-36(56)16-3)25(4)21-45(9,59)40(67-43-38(65-29(8)55)33(54(12)13)20-26(5)64-43)28(7)39(57)46(10,48)44(58)66-34(15-2)47(41,11)60/h17-19,23,25-28,33-34,38,40-41,43,59-60H,14-16,20-22,24H2,1-13H3,(H2,49,51)/b52-37+,53-30?/t25-,26-,27+,28+,33+,34-,38-,40-,41-,43+,45-,46+,47-/m1/s1. The number of ether oxygens (including phenoxy) is 5. The molecule has 0 aliphatic carbocycles. The van der Waals surface area contributed by atoms with Gasteiger partial charge in [-0.15, -0.1) is 0 Å². The molecule has 20 heteroatoms. The quantitative estimate of drug-likeness (QED) is 0.0954. The summed E-state index contributed by atoms with van der Waals surface area (Å²) in [7, 11) is 3.59. The number of hydrogen-bond acceptors (Lipinski definition) is 18. The lowest BCUT2D eigenvalue weighted by Crippen LogP contribution is -2.61. The maximum Gasteiger partial charge on any atom is 0.351 e. The van der Waals surface area contributed by atoms with Crippen molar-refractivity contribution in [3.63, 3.8) is 0 Å². The van der Waals surface area contributed by atoms with E-state index in [1.807, 2.05) is 4.90 Å². The molecular formula is C47H71FN6O13. The fraction of sp³-hybridized carbons (Fsp3) is 0.702. The van der Waals surface area contributed by atoms with Gasteiger partial charge < -0.3 is 53.8 Å². The van der Waals surface area contributed by atoms with Crippen LogP contribution in [0.2, 0.25) is 0 Å². The van der Waals surface area contributed by atoms with Crippen LogP contribution in [0.5, 0.6) is 0 Å². The van der Waals surface area contributed by atoms with Crippen LogP contribution in [0.25, 0.3) is 11.6 Å². The monoisotopic (exact) mass is 947 g/mol. The lowest BCUT2D eigenvalue weighted by molar-refractivity contribution is -0.295. The van der Waals surface area contributed by atoms with Gasteiger partial charge in [0.15, 0.2) is 24.8 Å². The van der Waals surface area contributed by atoms with Crippen LogP contribution < -0.4 is 5.73 Å². The minimum absolute atomic E-state index is 0.0114. The van der Waals surface area contributed by atoms with Crippen molar-refractivity contribution in [3.05, 3.63) is 30.2 Å². The third-order valence-electron chi connectivity index (χ3n) is 12.5. The largest absolute Gasteiger partial charge is 0.457 e. The van der Waals surface area contributed by atoms with Crippen molar-refractivity contribution in [3.8, 4) is 11.6 Å². The summed E-state index contributed by atoms with van der Waals surface area (Å²) in [5.41, 5.74) is -0.286. The number of pyridine rings is 1. The van der Waals surface area contributed by atoms with Gasteiger partial charge in [0.25, 0.3) is 5.67 Å². The molecule has 2 aliphatic rings. The number of carbonyl (C=O) groups is 4. The lowest BCUT2D eigenvalue weighted by Gasteiger charge is -2.47. The number of alkyl halides is 1. The highest BCUT2D eigenvalue weighted by Gasteiger charge is 2.56. The Balaban J connectivity index is 1.77. The van der Waals surface area contributed by atoms with Gasteiger partial charge >= 0.3 is 11.9 Å². The van der Waals surface area contributed by atoms with Crippen molar-refractivity contribution in [2.24, 2.45) is 27.9 Å². The summed E-state index contributed by atoms with van der Waals surface area (Å²) < 4.78 is 53.2. The van der Waals surface area contributed by atoms with E-state index in [0.717, 1.165) is 6.92 Å². The highest BCUT2D eigenvalue weighted by Crippen LogP contribution is 2.39. The van der Waals surface area contributed by atoms with Gasteiger partial charge in [-0.1, -0.05) is 52.8 Å². The molecule has 2 aromatic rings. The number of aliphatic imine (C=N–C) groups is 1. The van der Waals surface area contributed by atoms with E-state index in [9.17, 15) is 29.4 Å². The van der Waals surface area contributed by atoms with Gasteiger partial charge in [-0.25, -0.2) is 24.1 Å². The Labute approximate surface area is 392 Å². The van der Waals surface area contributed by atoms with Gasteiger partial charge in [0.1, 0.15) is 35.2 Å². The number of anilines is 1. The van der Waals surface area contributed by atoms with Crippen LogP contribution in [0.4, 0.5) is 10.2 Å². The van der Waals surface area contributed by atoms with Crippen molar-refractivity contribution in [2.45, 2.75) is 175 Å². The molecule has 0 unspecified atom stereocenters. The first-order valence-corrected chi connectivity index (χ1v) is 22.9. The van der Waals surface area contributed by atoms with E-state index in [1.165, 1.54) is 34.0 Å². The summed E-state index contributed by atoms with van der Waals surface area (Å²) in [5, 5.41) is 29.4. The Morgan fingerprint density at radius 3 is 2.30 bits per heavy atom. The first kappa shape index (κ1) is 54.9. The van der Waals surface area contributed by atoms with Crippen molar-refractivity contribution < 1.29 is 66.7 Å². The average molecular weight is 947 g/mol. The van der Waals surface area contributed by atoms with Crippen LogP contribution in [0.15, 0.2) is 39.0 Å². The molecular weight excluding hydrogens is 876 g/mol. The second kappa shape index (κ2) is 23.0. The highest BCUT2D eigenvalue weighted by atomic mass is 19.1. The Kier molecular flexibility index (Phi) is 18.9. The molecule has 67 heavy (non-hydrogen) atoms. The normalized spacial score (nSPS) is 34.4. The second-order valence-electron chi connectivity index (χ2n) is 18.5. The summed E-state index contributed by atoms with van der Waals surface area (Å²) >= 11 is 0. The fourth-order valence-electron chi connectivity index (χ4n) is 8.94. The lowest BCUT2D eigenvalue weighted by atomic mass is 9.73. The molecule has 0 radical (unpaired) electrons. The SMILES string of the molecule is CCC(=O)/N=C1\[C@H](C)C[C@@](C)(O)[C@H](O[C@@H]2O[C@H](C)C[C@H](N(C)C)[C@H]2OC(C)=O)[C@@H](C)C(=O)[C@](C)(F)C(=O)O[C@H](CC)[C@@](C)(O)[C@H](OCC(CC)=NOCc2coc(-c3cccc(N)n3)n2)[C@H]1C. The number of nitrogen functional groups attached to an aromatic ring is 1. The number of hydrogen-bond donors (Lipinski definition) is 3. The van der Waals surface area contributed by atoms with E-state index < -0.39 is 101 Å². The topological polar surface area (TPSA) is 257 Å². The molecule has 4 rings (SSSR count). The van der Waals surface area contributed by atoms with Crippen molar-refractivity contribution in [2.75, 3.05) is 26.4 Å². The summed E-state index contributed by atoms with van der Waals surface area (Å²) in [4.78, 5) is 74.6. The predicted molar refractivity (Wildman–Crippen MR) is 244 cm³/mol. The average Bonchev–Trinajstić information content (AvgIpc) is 3.73. The van der Waals surface area contributed by atoms with E-state index in [0.29, 0.717) is 35.8 Å². The van der Waals surface area contributed by atoms with Gasteiger partial charge in [-0.2, -0.15) is 0 Å². The third-order valence-corrected chi connectivity index (χ3v) is 12.5. The third kappa shape index (κ3) is 13.5. The summed E-state index contributed by atoms with van der Waals surface area (Å²) in [6.07, 6.45) is -5.43. The van der Waals surface area contributed by atoms with E-state index >= 15 is 4.39 Å². The fourth-order valence-corrected chi connectivity index (χ4v) is 8.94. The molecule has 2 fully saturated rings. The molecule has 0 saturated carbocycles. The van der Waals surface area contributed by atoms with Crippen molar-refractivity contribution >= 4 is 40.9 Å². The smallest absolute Gasteiger partial charge is 0.351 e. The van der Waals surface area contributed by atoms with Gasteiger partial charge in [0.2, 0.25) is 11.8 Å². The second-order valence-corrected chi connectivity index (χ2v) is 18.5. The molecule has 1 amide bonds. The molecule has 374 valence electrons. The van der Waals surface area contributed by atoms with Gasteiger partial charge in [0, 0.05) is 30.9 Å². The zero-order chi connectivity index (χ0) is 50.2. The van der Waals surface area contributed by atoms with Crippen LogP contribution in [0, 0.1) is 17.8 Å². The van der Waals surface area contributed by atoms with Gasteiger partial charge in [-0.05, 0) is 85.5 Å². The number of Topliss-reactive ketones (excluding diaryl/α,β-unsaturated/α-hetero) is 1. The van der Waals surface area contributed by atoms with E-state index in [1.54, 1.807) is 73.8 Å². The van der Waals surface area contributed by atoms with Gasteiger partial charge in [0.05, 0.1) is 42.3 Å². The first-order chi connectivity index (χ1) is 31.3. The summed E-state index contributed by atoms with van der Waals surface area (Å²) in [6.45, 7) is 15.9. The van der Waals surface area contributed by atoms with E-state index in [-0.39, 0.29) is 44.1 Å². The minimum atomic E-state index is -3.32. The maximum atomic E-state index is 17.0. The van der Waals surface area contributed by atoms with Crippen LogP contribution >= 0.6 is 0 Å². The molecule has 0 bridgehead atoms. The molecule has 13 atom stereocenters. The molecule has 19 nitrogen and oxygen atoms in total. The van der Waals surface area contributed by atoms with Gasteiger partial charge in [-0.3, -0.25) is 14.4 Å². The molecule has 0 spiro atoms. The number of aliphatic hydroxyl groups is 2. The van der Waals surface area contributed by atoms with E-state index in [2.05, 4.69) is 20.1 Å². The molecule has 4 heterocycles. The number of esters is 2. The Hall–Kier alpha value is -4.73. The number of oxime groups is 1.